The molecule has 6 heteroatoms. The van der Waals surface area contributed by atoms with Gasteiger partial charge in [-0.3, -0.25) is 14.4 Å². The number of hydrogen-bond donors (Lipinski definition) is 0. The third-order valence-electron chi connectivity index (χ3n) is 14.3. The molecule has 0 spiro atoms. The number of esters is 3. The molecular formula is C77H126O6. The van der Waals surface area contributed by atoms with Crippen LogP contribution in [0.4, 0.5) is 0 Å². The van der Waals surface area contributed by atoms with Gasteiger partial charge in [-0.1, -0.05) is 308 Å². The maximum Gasteiger partial charge on any atom is 0.306 e. The normalized spacial score (nSPS) is 13.0. The van der Waals surface area contributed by atoms with Gasteiger partial charge in [0.15, 0.2) is 6.10 Å². The quantitative estimate of drug-likeness (QED) is 0.0261. The lowest BCUT2D eigenvalue weighted by atomic mass is 10.0. The Morgan fingerprint density at radius 1 is 0.253 bits per heavy atom. The highest BCUT2D eigenvalue weighted by Crippen LogP contribution is 2.16. The van der Waals surface area contributed by atoms with E-state index in [1.165, 1.54) is 116 Å². The molecule has 0 aromatic carbocycles. The number of unbranched alkanes of at least 4 members (excludes halogenated alkanes) is 26. The summed E-state index contributed by atoms with van der Waals surface area (Å²) in [7, 11) is 0. The minimum Gasteiger partial charge on any atom is -0.462 e. The SMILES string of the molecule is CC/C=C\C/C=C\C/C=C\C/C=C\C/C=C\C/C=C\CCCCCCCCCCCCC(=O)OCC(COC(=O)CCCCCCCCCCCCCCC)OC(=O)CCCCCC/C=C\C/C=C\C/C=C\C/C=C\C/C=C\C/C=C\CC. The van der Waals surface area contributed by atoms with Gasteiger partial charge in [0.05, 0.1) is 0 Å². The second-order valence-corrected chi connectivity index (χ2v) is 22.3. The molecule has 0 fully saturated rings. The van der Waals surface area contributed by atoms with Crippen LogP contribution in [-0.2, 0) is 28.6 Å². The third kappa shape index (κ3) is 68.0. The molecule has 0 N–H and O–H groups in total. The number of carbonyl (C=O) groups excluding carboxylic acids is 3. The highest BCUT2D eigenvalue weighted by molar-refractivity contribution is 5.71. The van der Waals surface area contributed by atoms with Crippen molar-refractivity contribution in [2.24, 2.45) is 0 Å². The lowest BCUT2D eigenvalue weighted by Crippen LogP contribution is -2.30. The third-order valence-corrected chi connectivity index (χ3v) is 14.3. The summed E-state index contributed by atoms with van der Waals surface area (Å²) in [6.45, 7) is 6.40. The Balaban J connectivity index is 4.37. The van der Waals surface area contributed by atoms with Crippen LogP contribution in [0.2, 0.25) is 0 Å². The molecule has 0 saturated carbocycles. The van der Waals surface area contributed by atoms with Crippen LogP contribution in [0.1, 0.15) is 303 Å². The summed E-state index contributed by atoms with van der Waals surface area (Å²) in [6, 6.07) is 0. The molecule has 0 bridgehead atoms. The van der Waals surface area contributed by atoms with Gasteiger partial charge in [0.25, 0.3) is 0 Å². The van der Waals surface area contributed by atoms with Crippen molar-refractivity contribution in [1.82, 2.24) is 0 Å². The van der Waals surface area contributed by atoms with Gasteiger partial charge in [-0.05, 0) is 122 Å². The van der Waals surface area contributed by atoms with Crippen molar-refractivity contribution in [3.63, 3.8) is 0 Å². The van der Waals surface area contributed by atoms with Crippen molar-refractivity contribution in [2.75, 3.05) is 13.2 Å². The molecule has 0 aliphatic carbocycles. The van der Waals surface area contributed by atoms with Crippen molar-refractivity contribution in [3.8, 4) is 0 Å². The van der Waals surface area contributed by atoms with E-state index in [1.54, 1.807) is 0 Å². The van der Waals surface area contributed by atoms with Crippen molar-refractivity contribution < 1.29 is 28.6 Å². The molecule has 0 aromatic heterocycles. The first kappa shape index (κ1) is 78.3. The van der Waals surface area contributed by atoms with E-state index in [-0.39, 0.29) is 31.1 Å². The summed E-state index contributed by atoms with van der Waals surface area (Å²) in [6.07, 6.45) is 100.0. The maximum absolute atomic E-state index is 12.9. The zero-order valence-corrected chi connectivity index (χ0v) is 53.9. The van der Waals surface area contributed by atoms with E-state index < -0.39 is 6.10 Å². The van der Waals surface area contributed by atoms with Crippen LogP contribution in [0, 0.1) is 0 Å². The molecule has 0 aromatic rings. The van der Waals surface area contributed by atoms with Crippen LogP contribution >= 0.6 is 0 Å². The fourth-order valence-corrected chi connectivity index (χ4v) is 9.27. The van der Waals surface area contributed by atoms with Gasteiger partial charge in [0.2, 0.25) is 0 Å². The number of hydrogen-bond acceptors (Lipinski definition) is 6. The highest BCUT2D eigenvalue weighted by Gasteiger charge is 2.19. The Kier molecular flexibility index (Phi) is 65.8. The van der Waals surface area contributed by atoms with E-state index in [1.807, 2.05) is 0 Å². The number of ether oxygens (including phenoxy) is 3. The lowest BCUT2D eigenvalue weighted by Gasteiger charge is -2.18. The summed E-state index contributed by atoms with van der Waals surface area (Å²) >= 11 is 0. The summed E-state index contributed by atoms with van der Waals surface area (Å²) in [5.74, 6) is -0.916. The zero-order chi connectivity index (χ0) is 59.9. The van der Waals surface area contributed by atoms with E-state index in [0.29, 0.717) is 19.3 Å². The van der Waals surface area contributed by atoms with Gasteiger partial charge in [-0.15, -0.1) is 0 Å². The largest absolute Gasteiger partial charge is 0.462 e. The first-order valence-electron chi connectivity index (χ1n) is 34.3. The van der Waals surface area contributed by atoms with Crippen molar-refractivity contribution >= 4 is 17.9 Å². The molecule has 0 saturated heterocycles. The molecule has 1 atom stereocenters. The van der Waals surface area contributed by atoms with Gasteiger partial charge in [0.1, 0.15) is 13.2 Å². The summed E-state index contributed by atoms with van der Waals surface area (Å²) in [5.41, 5.74) is 0. The molecule has 0 amide bonds. The standard InChI is InChI=1S/C77H126O6/c1-4-7-10-13-16-19-22-25-27-29-31-33-35-36-37-38-39-40-42-43-45-47-49-52-55-58-61-64-67-70-76(79)82-73-74(72-81-75(78)69-66-63-60-57-54-51-24-21-18-15-12-9-6-3)83-77(80)71-68-65-62-59-56-53-50-48-46-44-41-34-32-30-28-26-23-20-17-14-11-8-5-2/h7-8,10-11,16-17,19-20,25-28,31-34,36-37,39-40,44,46,50,53,74H,4-6,9,12-15,18,21-24,29-30,35,38,41-43,45,47-49,51-52,54-73H2,1-3H3/b10-7-,11-8-,19-16-,20-17-,27-25-,28-26-,33-31-,34-32-,37-36-,40-39-,46-44-,53-50-. The van der Waals surface area contributed by atoms with Gasteiger partial charge < -0.3 is 14.2 Å². The average Bonchev–Trinajstić information content (AvgIpc) is 3.49. The van der Waals surface area contributed by atoms with Crippen LogP contribution in [0.3, 0.4) is 0 Å². The fraction of sp³-hybridized carbons (Fsp3) is 0.649. The van der Waals surface area contributed by atoms with Crippen LogP contribution in [0.5, 0.6) is 0 Å². The minimum atomic E-state index is -0.799. The number of rotatable bonds is 61. The molecule has 0 rings (SSSR count). The van der Waals surface area contributed by atoms with Gasteiger partial charge in [-0.25, -0.2) is 0 Å². The highest BCUT2D eigenvalue weighted by atomic mass is 16.6. The predicted molar refractivity (Wildman–Crippen MR) is 362 cm³/mol. The van der Waals surface area contributed by atoms with E-state index in [0.717, 1.165) is 148 Å². The average molecular weight is 1150 g/mol. The fourth-order valence-electron chi connectivity index (χ4n) is 9.27. The molecule has 1 unspecified atom stereocenters. The smallest absolute Gasteiger partial charge is 0.306 e. The molecule has 470 valence electrons. The Hall–Kier alpha value is -4.71. The number of carbonyl (C=O) groups is 3. The maximum atomic E-state index is 12.9. The zero-order valence-electron chi connectivity index (χ0n) is 53.9. The Morgan fingerprint density at radius 2 is 0.470 bits per heavy atom. The van der Waals surface area contributed by atoms with E-state index in [4.69, 9.17) is 14.2 Å². The predicted octanol–water partition coefficient (Wildman–Crippen LogP) is 23.9. The summed E-state index contributed by atoms with van der Waals surface area (Å²) < 4.78 is 16.9. The second kappa shape index (κ2) is 69.8. The van der Waals surface area contributed by atoms with Gasteiger partial charge in [0, 0.05) is 19.3 Å². The molecule has 0 heterocycles. The molecule has 0 aliphatic rings. The van der Waals surface area contributed by atoms with Crippen molar-refractivity contribution in [3.05, 3.63) is 146 Å². The van der Waals surface area contributed by atoms with Gasteiger partial charge in [-0.2, -0.15) is 0 Å². The van der Waals surface area contributed by atoms with Crippen molar-refractivity contribution in [1.29, 1.82) is 0 Å². The first-order chi connectivity index (χ1) is 41.0. The first-order valence-corrected chi connectivity index (χ1v) is 34.3. The Labute approximate surface area is 512 Å². The van der Waals surface area contributed by atoms with E-state index >= 15 is 0 Å². The minimum absolute atomic E-state index is 0.0915. The Bertz CT molecular complexity index is 1800. The molecule has 83 heavy (non-hydrogen) atoms. The van der Waals surface area contributed by atoms with Crippen LogP contribution < -0.4 is 0 Å². The Morgan fingerprint density at radius 3 is 0.735 bits per heavy atom. The van der Waals surface area contributed by atoms with Crippen molar-refractivity contribution in [2.45, 2.75) is 309 Å². The molecule has 6 nitrogen and oxygen atoms in total. The van der Waals surface area contributed by atoms with E-state index in [2.05, 4.69) is 167 Å². The second-order valence-electron chi connectivity index (χ2n) is 22.3. The molecular weight excluding hydrogens is 1020 g/mol. The number of allylic oxidation sites excluding steroid dienone is 24. The summed E-state index contributed by atoms with van der Waals surface area (Å²) in [5, 5.41) is 0. The topological polar surface area (TPSA) is 78.9 Å². The van der Waals surface area contributed by atoms with Crippen LogP contribution in [0.15, 0.2) is 146 Å². The van der Waals surface area contributed by atoms with Crippen LogP contribution in [-0.4, -0.2) is 37.2 Å². The molecule has 0 aliphatic heterocycles. The van der Waals surface area contributed by atoms with Crippen LogP contribution in [0.25, 0.3) is 0 Å². The lowest BCUT2D eigenvalue weighted by molar-refractivity contribution is -0.167. The molecule has 0 radical (unpaired) electrons. The summed E-state index contributed by atoms with van der Waals surface area (Å²) in [4.78, 5) is 38.4. The van der Waals surface area contributed by atoms with Gasteiger partial charge >= 0.3 is 17.9 Å². The van der Waals surface area contributed by atoms with E-state index in [9.17, 15) is 14.4 Å². The monoisotopic (exact) mass is 1150 g/mol.